The summed E-state index contributed by atoms with van der Waals surface area (Å²) in [5.74, 6) is 0. The third-order valence-electron chi connectivity index (χ3n) is 4.57. The monoisotopic (exact) mass is 285 g/mol. The maximum Gasteiger partial charge on any atom is 0.0555 e. The Labute approximate surface area is 131 Å². The van der Waals surface area contributed by atoms with Gasteiger partial charge in [-0.2, -0.15) is 0 Å². The van der Waals surface area contributed by atoms with Crippen molar-refractivity contribution in [3.05, 3.63) is 89.5 Å². The first kappa shape index (κ1) is 13.1. The Morgan fingerprint density at radius 3 is 2.23 bits per heavy atom. The SMILES string of the molecule is Cc1cccc2c1CC(c1ccc(-c3ccccc3)cc1)N2. The van der Waals surface area contributed by atoms with Crippen LogP contribution in [0.2, 0.25) is 0 Å². The van der Waals surface area contributed by atoms with Gasteiger partial charge in [-0.15, -0.1) is 0 Å². The zero-order valence-corrected chi connectivity index (χ0v) is 12.7. The fourth-order valence-electron chi connectivity index (χ4n) is 3.29. The van der Waals surface area contributed by atoms with Crippen LogP contribution in [0.3, 0.4) is 0 Å². The minimum atomic E-state index is 0.390. The Kier molecular flexibility index (Phi) is 3.19. The molecule has 0 saturated heterocycles. The lowest BCUT2D eigenvalue weighted by molar-refractivity contribution is 0.821. The van der Waals surface area contributed by atoms with Crippen molar-refractivity contribution in [2.45, 2.75) is 19.4 Å². The normalized spacial score (nSPS) is 16.1. The van der Waals surface area contributed by atoms with Crippen LogP contribution in [0.4, 0.5) is 5.69 Å². The lowest BCUT2D eigenvalue weighted by atomic mass is 9.98. The fraction of sp³-hybridized carbons (Fsp3) is 0.143. The molecular formula is C21H19N. The Bertz CT molecular complexity index is 788. The van der Waals surface area contributed by atoms with Crippen LogP contribution in [-0.2, 0) is 6.42 Å². The van der Waals surface area contributed by atoms with E-state index < -0.39 is 0 Å². The van der Waals surface area contributed by atoms with Gasteiger partial charge in [0.15, 0.2) is 0 Å². The summed E-state index contributed by atoms with van der Waals surface area (Å²) in [6, 6.07) is 26.4. The van der Waals surface area contributed by atoms with Gasteiger partial charge < -0.3 is 5.32 Å². The molecule has 3 aromatic carbocycles. The largest absolute Gasteiger partial charge is 0.378 e. The molecule has 1 N–H and O–H groups in total. The molecule has 1 heteroatoms. The van der Waals surface area contributed by atoms with Crippen molar-refractivity contribution >= 4 is 5.69 Å². The molecule has 0 saturated carbocycles. The van der Waals surface area contributed by atoms with Gasteiger partial charge in [0.1, 0.15) is 0 Å². The summed E-state index contributed by atoms with van der Waals surface area (Å²) in [5.41, 5.74) is 8.03. The second-order valence-electron chi connectivity index (χ2n) is 5.99. The number of hydrogen-bond donors (Lipinski definition) is 1. The first-order chi connectivity index (χ1) is 10.8. The average molecular weight is 285 g/mol. The maximum absolute atomic E-state index is 3.65. The van der Waals surface area contributed by atoms with Gasteiger partial charge in [0.2, 0.25) is 0 Å². The standard InChI is InChI=1S/C21H19N/c1-15-6-5-9-20-19(15)14-21(22-20)18-12-10-17(11-13-18)16-7-3-2-4-8-16/h2-13,21-22H,14H2,1H3. The van der Waals surface area contributed by atoms with E-state index in [1.54, 1.807) is 0 Å². The molecule has 0 radical (unpaired) electrons. The van der Waals surface area contributed by atoms with Crippen molar-refractivity contribution in [2.24, 2.45) is 0 Å². The second kappa shape index (κ2) is 5.34. The molecule has 0 aromatic heterocycles. The predicted octanol–water partition coefficient (Wildman–Crippen LogP) is 5.37. The van der Waals surface area contributed by atoms with E-state index in [1.165, 1.54) is 33.5 Å². The molecule has 0 aliphatic carbocycles. The van der Waals surface area contributed by atoms with E-state index in [4.69, 9.17) is 0 Å². The highest BCUT2D eigenvalue weighted by molar-refractivity contribution is 5.65. The molecule has 1 heterocycles. The van der Waals surface area contributed by atoms with E-state index in [0.29, 0.717) is 6.04 Å². The van der Waals surface area contributed by atoms with Crippen molar-refractivity contribution in [3.8, 4) is 11.1 Å². The van der Waals surface area contributed by atoms with E-state index in [0.717, 1.165) is 6.42 Å². The molecule has 1 aliphatic heterocycles. The van der Waals surface area contributed by atoms with Gasteiger partial charge in [-0.3, -0.25) is 0 Å². The first-order valence-corrected chi connectivity index (χ1v) is 7.82. The van der Waals surface area contributed by atoms with Crippen LogP contribution in [0.5, 0.6) is 0 Å². The molecule has 3 aromatic rings. The van der Waals surface area contributed by atoms with Crippen LogP contribution in [0, 0.1) is 6.92 Å². The summed E-state index contributed by atoms with van der Waals surface area (Å²) in [6.07, 6.45) is 1.08. The van der Waals surface area contributed by atoms with E-state index >= 15 is 0 Å². The quantitative estimate of drug-likeness (QED) is 0.667. The lowest BCUT2D eigenvalue weighted by Crippen LogP contribution is -2.05. The number of rotatable bonds is 2. The highest BCUT2D eigenvalue weighted by Crippen LogP contribution is 2.36. The van der Waals surface area contributed by atoms with Gasteiger partial charge in [0.25, 0.3) is 0 Å². The third kappa shape index (κ3) is 2.29. The highest BCUT2D eigenvalue weighted by atomic mass is 14.9. The Morgan fingerprint density at radius 2 is 1.50 bits per heavy atom. The summed E-state index contributed by atoms with van der Waals surface area (Å²) in [6.45, 7) is 2.20. The molecule has 1 atom stereocenters. The van der Waals surface area contributed by atoms with E-state index in [2.05, 4.69) is 85.0 Å². The maximum atomic E-state index is 3.65. The minimum Gasteiger partial charge on any atom is -0.378 e. The molecule has 22 heavy (non-hydrogen) atoms. The summed E-state index contributed by atoms with van der Waals surface area (Å²) in [4.78, 5) is 0. The molecule has 4 rings (SSSR count). The second-order valence-corrected chi connectivity index (χ2v) is 5.99. The van der Waals surface area contributed by atoms with E-state index in [-0.39, 0.29) is 0 Å². The number of nitrogens with one attached hydrogen (secondary N) is 1. The third-order valence-corrected chi connectivity index (χ3v) is 4.57. The van der Waals surface area contributed by atoms with E-state index in [1.807, 2.05) is 0 Å². The topological polar surface area (TPSA) is 12.0 Å². The molecule has 108 valence electrons. The summed E-state index contributed by atoms with van der Waals surface area (Å²) < 4.78 is 0. The Morgan fingerprint density at radius 1 is 0.773 bits per heavy atom. The number of fused-ring (bicyclic) bond motifs is 1. The van der Waals surface area contributed by atoms with Crippen LogP contribution < -0.4 is 5.32 Å². The van der Waals surface area contributed by atoms with Crippen LogP contribution in [0.15, 0.2) is 72.8 Å². The molecule has 0 amide bonds. The Balaban J connectivity index is 1.59. The summed E-state index contributed by atoms with van der Waals surface area (Å²) in [7, 11) is 0. The minimum absolute atomic E-state index is 0.390. The molecule has 1 nitrogen and oxygen atoms in total. The van der Waals surface area contributed by atoms with Crippen LogP contribution in [0.1, 0.15) is 22.7 Å². The average Bonchev–Trinajstić information content (AvgIpc) is 3.02. The summed E-state index contributed by atoms with van der Waals surface area (Å²) >= 11 is 0. The van der Waals surface area contributed by atoms with Crippen molar-refractivity contribution in [1.29, 1.82) is 0 Å². The number of benzene rings is 3. The van der Waals surface area contributed by atoms with E-state index in [9.17, 15) is 0 Å². The fourth-order valence-corrected chi connectivity index (χ4v) is 3.29. The molecule has 1 aliphatic rings. The zero-order valence-electron chi connectivity index (χ0n) is 12.7. The zero-order chi connectivity index (χ0) is 14.9. The van der Waals surface area contributed by atoms with Crippen molar-refractivity contribution in [3.63, 3.8) is 0 Å². The van der Waals surface area contributed by atoms with Gasteiger partial charge >= 0.3 is 0 Å². The van der Waals surface area contributed by atoms with Gasteiger partial charge in [-0.05, 0) is 47.2 Å². The Hall–Kier alpha value is -2.54. The predicted molar refractivity (Wildman–Crippen MR) is 93.1 cm³/mol. The molecule has 0 spiro atoms. The highest BCUT2D eigenvalue weighted by Gasteiger charge is 2.22. The lowest BCUT2D eigenvalue weighted by Gasteiger charge is -2.12. The molecule has 0 bridgehead atoms. The van der Waals surface area contributed by atoms with Crippen molar-refractivity contribution in [1.82, 2.24) is 0 Å². The number of anilines is 1. The van der Waals surface area contributed by atoms with Gasteiger partial charge in [0, 0.05) is 5.69 Å². The van der Waals surface area contributed by atoms with Crippen LogP contribution in [0.25, 0.3) is 11.1 Å². The first-order valence-electron chi connectivity index (χ1n) is 7.82. The van der Waals surface area contributed by atoms with Crippen molar-refractivity contribution < 1.29 is 0 Å². The van der Waals surface area contributed by atoms with Gasteiger partial charge in [0.05, 0.1) is 6.04 Å². The van der Waals surface area contributed by atoms with Crippen LogP contribution in [-0.4, -0.2) is 0 Å². The number of hydrogen-bond acceptors (Lipinski definition) is 1. The molecule has 0 fully saturated rings. The van der Waals surface area contributed by atoms with Crippen molar-refractivity contribution in [2.75, 3.05) is 5.32 Å². The molecule has 1 unspecified atom stereocenters. The van der Waals surface area contributed by atoms with Gasteiger partial charge in [-0.25, -0.2) is 0 Å². The van der Waals surface area contributed by atoms with Gasteiger partial charge in [-0.1, -0.05) is 66.7 Å². The number of aryl methyl sites for hydroxylation is 1. The smallest absolute Gasteiger partial charge is 0.0555 e. The van der Waals surface area contributed by atoms with Crippen LogP contribution >= 0.6 is 0 Å². The summed E-state index contributed by atoms with van der Waals surface area (Å²) in [5, 5.41) is 3.65. The molecular weight excluding hydrogens is 266 g/mol.